The highest BCUT2D eigenvalue weighted by Gasteiger charge is 2.24. The Morgan fingerprint density at radius 1 is 1.17 bits per heavy atom. The zero-order valence-corrected chi connectivity index (χ0v) is 17.5. The summed E-state index contributed by atoms with van der Waals surface area (Å²) in [6.07, 6.45) is 1.33. The van der Waals surface area contributed by atoms with Gasteiger partial charge in [-0.05, 0) is 61.7 Å². The Balaban J connectivity index is 1.83. The number of nitrogens with one attached hydrogen (secondary N) is 2. The van der Waals surface area contributed by atoms with Crippen molar-refractivity contribution >= 4 is 33.2 Å². The van der Waals surface area contributed by atoms with Crippen molar-refractivity contribution < 1.29 is 18.0 Å². The molecule has 1 heterocycles. The smallest absolute Gasteiger partial charge is 0.262 e. The highest BCUT2D eigenvalue weighted by molar-refractivity contribution is 7.92. The first-order valence-corrected chi connectivity index (χ1v) is 11.0. The Labute approximate surface area is 171 Å². The number of anilines is 2. The van der Waals surface area contributed by atoms with Crippen molar-refractivity contribution in [2.24, 2.45) is 0 Å². The maximum Gasteiger partial charge on any atom is 0.262 e. The number of sulfonamides is 1. The number of aryl methyl sites for hydroxylation is 1. The van der Waals surface area contributed by atoms with Gasteiger partial charge >= 0.3 is 0 Å². The summed E-state index contributed by atoms with van der Waals surface area (Å²) in [5, 5.41) is 2.78. The summed E-state index contributed by atoms with van der Waals surface area (Å²) in [5.74, 6) is -0.0982. The van der Waals surface area contributed by atoms with Crippen LogP contribution >= 0.6 is 0 Å². The summed E-state index contributed by atoms with van der Waals surface area (Å²) >= 11 is 0. The van der Waals surface area contributed by atoms with Crippen LogP contribution in [0, 0.1) is 6.92 Å². The first-order chi connectivity index (χ1) is 13.7. The van der Waals surface area contributed by atoms with Crippen LogP contribution in [-0.4, -0.2) is 26.8 Å². The molecular weight excluding hydrogens is 390 g/mol. The molecule has 1 aliphatic heterocycles. The minimum atomic E-state index is -3.80. The Hall–Kier alpha value is -2.87. The van der Waals surface area contributed by atoms with E-state index in [0.717, 1.165) is 17.7 Å². The lowest BCUT2D eigenvalue weighted by Crippen LogP contribution is -2.24. The van der Waals surface area contributed by atoms with E-state index in [4.69, 9.17) is 0 Å². The van der Waals surface area contributed by atoms with Crippen LogP contribution < -0.4 is 14.9 Å². The van der Waals surface area contributed by atoms with Gasteiger partial charge in [0.25, 0.3) is 10.0 Å². The summed E-state index contributed by atoms with van der Waals surface area (Å²) in [5.41, 5.74) is 2.49. The fourth-order valence-corrected chi connectivity index (χ4v) is 4.77. The van der Waals surface area contributed by atoms with Gasteiger partial charge in [-0.1, -0.05) is 12.1 Å². The molecule has 1 aliphatic rings. The first kappa shape index (κ1) is 20.9. The van der Waals surface area contributed by atoms with Crippen LogP contribution in [0.5, 0.6) is 0 Å². The van der Waals surface area contributed by atoms with Crippen molar-refractivity contribution in [2.45, 2.75) is 44.6 Å². The zero-order chi connectivity index (χ0) is 21.2. The van der Waals surface area contributed by atoms with Gasteiger partial charge in [0.05, 0.1) is 10.9 Å². The van der Waals surface area contributed by atoms with Gasteiger partial charge in [0, 0.05) is 31.3 Å². The summed E-state index contributed by atoms with van der Waals surface area (Å²) in [4.78, 5) is 25.0. The molecule has 0 aliphatic carbocycles. The molecule has 0 spiro atoms. The van der Waals surface area contributed by atoms with Gasteiger partial charge < -0.3 is 10.2 Å². The van der Waals surface area contributed by atoms with E-state index in [1.165, 1.54) is 13.0 Å². The van der Waals surface area contributed by atoms with E-state index in [9.17, 15) is 18.0 Å². The number of carbonyl (C=O) groups is 2. The fraction of sp³-hybridized carbons (Fsp3) is 0.333. The molecule has 0 aromatic heterocycles. The number of hydrogen-bond donors (Lipinski definition) is 2. The van der Waals surface area contributed by atoms with Crippen LogP contribution in [0.15, 0.2) is 47.4 Å². The average Bonchev–Trinajstić information content (AvgIpc) is 3.06. The summed E-state index contributed by atoms with van der Waals surface area (Å²) < 4.78 is 28.4. The van der Waals surface area contributed by atoms with Gasteiger partial charge in [-0.3, -0.25) is 14.3 Å². The zero-order valence-electron chi connectivity index (χ0n) is 16.7. The maximum atomic E-state index is 12.9. The standard InChI is InChI=1S/C21H25N3O4S/c1-14-12-19(24-11-5-8-21(24)26)9-10-20(14)29(27,28)23-18-7-4-6-17(13-18)15(2)22-16(3)25/h4,6-7,9-10,12-13,15,23H,5,8,11H2,1-3H3,(H,22,25)/t15-/m0/s1. The van der Waals surface area contributed by atoms with Crippen LogP contribution in [0.4, 0.5) is 11.4 Å². The second-order valence-corrected chi connectivity index (χ2v) is 8.90. The van der Waals surface area contributed by atoms with Crippen molar-refractivity contribution in [3.63, 3.8) is 0 Å². The minimum Gasteiger partial charge on any atom is -0.350 e. The molecule has 2 aromatic rings. The lowest BCUT2D eigenvalue weighted by Gasteiger charge is -2.18. The van der Waals surface area contributed by atoms with Crippen molar-refractivity contribution in [2.75, 3.05) is 16.2 Å². The highest BCUT2D eigenvalue weighted by atomic mass is 32.2. The average molecular weight is 416 g/mol. The number of hydrogen-bond acceptors (Lipinski definition) is 4. The van der Waals surface area contributed by atoms with Crippen LogP contribution in [0.1, 0.15) is 43.9 Å². The molecular formula is C21H25N3O4S. The van der Waals surface area contributed by atoms with Crippen molar-refractivity contribution in [3.05, 3.63) is 53.6 Å². The highest BCUT2D eigenvalue weighted by Crippen LogP contribution is 2.27. The Bertz CT molecular complexity index is 1050. The third-order valence-electron chi connectivity index (χ3n) is 4.89. The SMILES string of the molecule is CC(=O)N[C@@H](C)c1cccc(NS(=O)(=O)c2ccc(N3CCCC3=O)cc2C)c1. The van der Waals surface area contributed by atoms with E-state index in [0.29, 0.717) is 24.2 Å². The van der Waals surface area contributed by atoms with Gasteiger partial charge in [-0.2, -0.15) is 0 Å². The van der Waals surface area contributed by atoms with Gasteiger partial charge in [-0.15, -0.1) is 0 Å². The van der Waals surface area contributed by atoms with Crippen LogP contribution in [0.2, 0.25) is 0 Å². The molecule has 0 unspecified atom stereocenters. The van der Waals surface area contributed by atoms with Crippen molar-refractivity contribution in [1.29, 1.82) is 0 Å². The lowest BCUT2D eigenvalue weighted by atomic mass is 10.1. The third kappa shape index (κ3) is 4.76. The minimum absolute atomic E-state index is 0.0586. The van der Waals surface area contributed by atoms with E-state index in [1.54, 1.807) is 42.2 Å². The van der Waals surface area contributed by atoms with E-state index < -0.39 is 10.0 Å². The summed E-state index contributed by atoms with van der Waals surface area (Å²) in [6, 6.07) is 11.6. The summed E-state index contributed by atoms with van der Waals surface area (Å²) in [6.45, 7) is 5.64. The molecule has 1 saturated heterocycles. The van der Waals surface area contributed by atoms with E-state index >= 15 is 0 Å². The van der Waals surface area contributed by atoms with Gasteiger partial charge in [0.15, 0.2) is 0 Å². The summed E-state index contributed by atoms with van der Waals surface area (Å²) in [7, 11) is -3.80. The number of benzene rings is 2. The molecule has 3 rings (SSSR count). The van der Waals surface area contributed by atoms with E-state index in [-0.39, 0.29) is 22.8 Å². The number of amides is 2. The topological polar surface area (TPSA) is 95.6 Å². The fourth-order valence-electron chi connectivity index (χ4n) is 3.49. The molecule has 8 heteroatoms. The number of rotatable bonds is 6. The lowest BCUT2D eigenvalue weighted by molar-refractivity contribution is -0.119. The molecule has 2 aromatic carbocycles. The maximum absolute atomic E-state index is 12.9. The van der Waals surface area contributed by atoms with Crippen LogP contribution in [-0.2, 0) is 19.6 Å². The van der Waals surface area contributed by atoms with Crippen molar-refractivity contribution in [1.82, 2.24) is 5.32 Å². The Morgan fingerprint density at radius 3 is 2.55 bits per heavy atom. The van der Waals surface area contributed by atoms with Gasteiger partial charge in [0.2, 0.25) is 11.8 Å². The van der Waals surface area contributed by atoms with Gasteiger partial charge in [-0.25, -0.2) is 8.42 Å². The molecule has 0 saturated carbocycles. The molecule has 1 atom stereocenters. The molecule has 2 amide bonds. The van der Waals surface area contributed by atoms with Crippen molar-refractivity contribution in [3.8, 4) is 0 Å². The molecule has 2 N–H and O–H groups in total. The number of nitrogens with zero attached hydrogens (tertiary/aromatic N) is 1. The predicted molar refractivity (Wildman–Crippen MR) is 112 cm³/mol. The van der Waals surface area contributed by atoms with Crippen LogP contribution in [0.3, 0.4) is 0 Å². The predicted octanol–water partition coefficient (Wildman–Crippen LogP) is 3.12. The molecule has 0 bridgehead atoms. The Morgan fingerprint density at radius 2 is 1.93 bits per heavy atom. The molecule has 154 valence electrons. The second-order valence-electron chi connectivity index (χ2n) is 7.25. The van der Waals surface area contributed by atoms with E-state index in [2.05, 4.69) is 10.0 Å². The number of carbonyl (C=O) groups excluding carboxylic acids is 2. The third-order valence-corrected chi connectivity index (χ3v) is 6.43. The Kier molecular flexibility index (Phi) is 5.93. The molecule has 0 radical (unpaired) electrons. The molecule has 7 nitrogen and oxygen atoms in total. The quantitative estimate of drug-likeness (QED) is 0.758. The van der Waals surface area contributed by atoms with Crippen LogP contribution in [0.25, 0.3) is 0 Å². The van der Waals surface area contributed by atoms with E-state index in [1.807, 2.05) is 13.0 Å². The second kappa shape index (κ2) is 8.24. The molecule has 29 heavy (non-hydrogen) atoms. The normalized spacial score (nSPS) is 15.3. The monoisotopic (exact) mass is 415 g/mol. The first-order valence-electron chi connectivity index (χ1n) is 9.48. The van der Waals surface area contributed by atoms with Gasteiger partial charge in [0.1, 0.15) is 0 Å². The molecule has 1 fully saturated rings. The largest absolute Gasteiger partial charge is 0.350 e.